The number of fused-ring (bicyclic) bond motifs is 1. The minimum absolute atomic E-state index is 0.146. The summed E-state index contributed by atoms with van der Waals surface area (Å²) < 4.78 is 8.00. The van der Waals surface area contributed by atoms with E-state index in [-0.39, 0.29) is 17.9 Å². The average molecular weight is 374 g/mol. The molecule has 0 amide bonds. The van der Waals surface area contributed by atoms with E-state index in [9.17, 15) is 14.7 Å². The number of ether oxygens (including phenoxy) is 1. The predicted octanol–water partition coefficient (Wildman–Crippen LogP) is 1.91. The maximum atomic E-state index is 13.0. The van der Waals surface area contributed by atoms with E-state index >= 15 is 0 Å². The third kappa shape index (κ3) is 3.38. The van der Waals surface area contributed by atoms with Crippen molar-refractivity contribution in [2.45, 2.75) is 33.0 Å². The topological polar surface area (TPSA) is 73.5 Å². The van der Waals surface area contributed by atoms with Gasteiger partial charge in [0.15, 0.2) is 0 Å². The zero-order chi connectivity index (χ0) is 18.7. The van der Waals surface area contributed by atoms with Gasteiger partial charge in [-0.25, -0.2) is 4.79 Å². The summed E-state index contributed by atoms with van der Waals surface area (Å²) in [5.74, 6) is 0. The predicted molar refractivity (Wildman–Crippen MR) is 103 cm³/mol. The first-order valence-corrected chi connectivity index (χ1v) is 9.29. The number of aryl methyl sites for hydroxylation is 2. The maximum Gasteiger partial charge on any atom is 0.332 e. The molecular formula is C19H22N2O4S. The van der Waals surface area contributed by atoms with Crippen molar-refractivity contribution >= 4 is 21.6 Å². The molecule has 7 heteroatoms. The van der Waals surface area contributed by atoms with Gasteiger partial charge in [0, 0.05) is 18.5 Å². The van der Waals surface area contributed by atoms with Gasteiger partial charge in [0.2, 0.25) is 0 Å². The SMILES string of the molecule is COCCn1c(=O)n(CCc2ccccc2)c(=O)c2c(C)c(CO)sc21. The van der Waals surface area contributed by atoms with Crippen molar-refractivity contribution in [2.24, 2.45) is 0 Å². The number of thiophene rings is 1. The number of rotatable bonds is 7. The van der Waals surface area contributed by atoms with Crippen molar-refractivity contribution < 1.29 is 9.84 Å². The Morgan fingerprint density at radius 1 is 1.12 bits per heavy atom. The molecule has 138 valence electrons. The summed E-state index contributed by atoms with van der Waals surface area (Å²) in [7, 11) is 1.58. The lowest BCUT2D eigenvalue weighted by atomic mass is 10.1. The molecule has 1 N–H and O–H groups in total. The monoisotopic (exact) mass is 374 g/mol. The molecule has 0 saturated heterocycles. The standard InChI is InChI=1S/C19H22N2O4S/c1-13-15(12-22)26-18-16(13)17(23)20(19(24)21(18)10-11-25-2)9-8-14-6-4-3-5-7-14/h3-7,22H,8-12H2,1-2H3. The Hall–Kier alpha value is -2.22. The smallest absolute Gasteiger partial charge is 0.332 e. The summed E-state index contributed by atoms with van der Waals surface area (Å²) in [6, 6.07) is 9.77. The molecule has 0 atom stereocenters. The number of hydrogen-bond acceptors (Lipinski definition) is 5. The number of nitrogens with zero attached hydrogens (tertiary/aromatic N) is 2. The van der Waals surface area contributed by atoms with Crippen molar-refractivity contribution in [1.82, 2.24) is 9.13 Å². The van der Waals surface area contributed by atoms with Crippen LogP contribution in [0.3, 0.4) is 0 Å². The van der Waals surface area contributed by atoms with E-state index in [0.717, 1.165) is 11.1 Å². The van der Waals surface area contributed by atoms with Crippen LogP contribution in [0.2, 0.25) is 0 Å². The van der Waals surface area contributed by atoms with Crippen molar-refractivity contribution in [1.29, 1.82) is 0 Å². The molecule has 0 spiro atoms. The van der Waals surface area contributed by atoms with Gasteiger partial charge in [-0.15, -0.1) is 11.3 Å². The van der Waals surface area contributed by atoms with Gasteiger partial charge in [-0.05, 0) is 24.5 Å². The van der Waals surface area contributed by atoms with Gasteiger partial charge in [0.05, 0.1) is 25.1 Å². The van der Waals surface area contributed by atoms with Gasteiger partial charge < -0.3 is 9.84 Å². The molecule has 0 radical (unpaired) electrons. The number of hydrogen-bond donors (Lipinski definition) is 1. The van der Waals surface area contributed by atoms with Crippen LogP contribution in [0.25, 0.3) is 10.2 Å². The molecule has 2 heterocycles. The van der Waals surface area contributed by atoms with Crippen LogP contribution in [0, 0.1) is 6.92 Å². The highest BCUT2D eigenvalue weighted by Crippen LogP contribution is 2.27. The summed E-state index contributed by atoms with van der Waals surface area (Å²) in [6.07, 6.45) is 0.599. The second kappa shape index (κ2) is 7.99. The van der Waals surface area contributed by atoms with E-state index < -0.39 is 0 Å². The van der Waals surface area contributed by atoms with Gasteiger partial charge in [-0.1, -0.05) is 30.3 Å². The van der Waals surface area contributed by atoms with Crippen LogP contribution in [-0.2, 0) is 30.9 Å². The highest BCUT2D eigenvalue weighted by molar-refractivity contribution is 7.18. The molecule has 0 unspecified atom stereocenters. The fourth-order valence-corrected chi connectivity index (χ4v) is 4.23. The van der Waals surface area contributed by atoms with Gasteiger partial charge in [-0.2, -0.15) is 0 Å². The van der Waals surface area contributed by atoms with Crippen LogP contribution in [-0.4, -0.2) is 28.0 Å². The lowest BCUT2D eigenvalue weighted by molar-refractivity contribution is 0.186. The van der Waals surface area contributed by atoms with Crippen LogP contribution >= 0.6 is 11.3 Å². The van der Waals surface area contributed by atoms with Crippen LogP contribution in [0.5, 0.6) is 0 Å². The highest BCUT2D eigenvalue weighted by Gasteiger charge is 2.19. The molecule has 2 aromatic heterocycles. The van der Waals surface area contributed by atoms with Crippen molar-refractivity contribution in [3.05, 3.63) is 67.2 Å². The van der Waals surface area contributed by atoms with Gasteiger partial charge in [0.25, 0.3) is 5.56 Å². The molecule has 0 aliphatic rings. The molecule has 1 aromatic carbocycles. The molecule has 0 saturated carbocycles. The second-order valence-corrected chi connectivity index (χ2v) is 7.19. The lowest BCUT2D eigenvalue weighted by Gasteiger charge is -2.12. The van der Waals surface area contributed by atoms with Crippen LogP contribution in [0.1, 0.15) is 16.0 Å². The van der Waals surface area contributed by atoms with Crippen molar-refractivity contribution in [2.75, 3.05) is 13.7 Å². The fourth-order valence-electron chi connectivity index (χ4n) is 3.05. The Balaban J connectivity index is 2.14. The molecule has 3 rings (SSSR count). The first kappa shape index (κ1) is 18.6. The quantitative estimate of drug-likeness (QED) is 0.686. The largest absolute Gasteiger partial charge is 0.391 e. The minimum Gasteiger partial charge on any atom is -0.391 e. The summed E-state index contributed by atoms with van der Waals surface area (Å²) in [6.45, 7) is 2.72. The van der Waals surface area contributed by atoms with Crippen LogP contribution in [0.4, 0.5) is 0 Å². The first-order chi connectivity index (χ1) is 12.6. The Bertz CT molecular complexity index is 1020. The molecule has 6 nitrogen and oxygen atoms in total. The highest BCUT2D eigenvalue weighted by atomic mass is 32.1. The Morgan fingerprint density at radius 2 is 1.85 bits per heavy atom. The molecule has 0 fully saturated rings. The van der Waals surface area contributed by atoms with Crippen LogP contribution in [0.15, 0.2) is 39.9 Å². The maximum absolute atomic E-state index is 13.0. The first-order valence-electron chi connectivity index (χ1n) is 8.47. The molecule has 26 heavy (non-hydrogen) atoms. The molecule has 0 bridgehead atoms. The van der Waals surface area contributed by atoms with Gasteiger partial charge in [0.1, 0.15) is 4.83 Å². The third-order valence-electron chi connectivity index (χ3n) is 4.52. The average Bonchev–Trinajstić information content (AvgIpc) is 2.99. The molecule has 0 aliphatic carbocycles. The number of benzene rings is 1. The number of aliphatic hydroxyl groups is 1. The van der Waals surface area contributed by atoms with E-state index in [1.54, 1.807) is 11.7 Å². The lowest BCUT2D eigenvalue weighted by Crippen LogP contribution is -2.40. The fraction of sp³-hybridized carbons (Fsp3) is 0.368. The number of aliphatic hydroxyl groups excluding tert-OH is 1. The second-order valence-electron chi connectivity index (χ2n) is 6.11. The van der Waals surface area contributed by atoms with Crippen molar-refractivity contribution in [3.63, 3.8) is 0 Å². The molecular weight excluding hydrogens is 352 g/mol. The van der Waals surface area contributed by atoms with Crippen LogP contribution < -0.4 is 11.2 Å². The minimum atomic E-state index is -0.332. The summed E-state index contributed by atoms with van der Waals surface area (Å²) in [4.78, 5) is 27.3. The Kier molecular flexibility index (Phi) is 5.70. The zero-order valence-corrected chi connectivity index (χ0v) is 15.7. The molecule has 0 aliphatic heterocycles. The van der Waals surface area contributed by atoms with E-state index in [2.05, 4.69) is 0 Å². The van der Waals surface area contributed by atoms with Crippen molar-refractivity contribution in [3.8, 4) is 0 Å². The summed E-state index contributed by atoms with van der Waals surface area (Å²) >= 11 is 1.30. The van der Waals surface area contributed by atoms with Gasteiger partial charge >= 0.3 is 5.69 Å². The van der Waals surface area contributed by atoms with E-state index in [4.69, 9.17) is 4.74 Å². The number of methoxy groups -OCH3 is 1. The Morgan fingerprint density at radius 3 is 2.50 bits per heavy atom. The van der Waals surface area contributed by atoms with E-state index in [0.29, 0.717) is 41.2 Å². The third-order valence-corrected chi connectivity index (χ3v) is 5.82. The van der Waals surface area contributed by atoms with E-state index in [1.807, 2.05) is 37.3 Å². The molecule has 3 aromatic rings. The Labute approximate surface area is 154 Å². The van der Waals surface area contributed by atoms with E-state index in [1.165, 1.54) is 15.9 Å². The number of aromatic nitrogens is 2. The summed E-state index contributed by atoms with van der Waals surface area (Å²) in [5.41, 5.74) is 1.20. The zero-order valence-electron chi connectivity index (χ0n) is 14.9. The van der Waals surface area contributed by atoms with Gasteiger partial charge in [-0.3, -0.25) is 13.9 Å². The normalized spacial score (nSPS) is 11.3. The summed E-state index contributed by atoms with van der Waals surface area (Å²) in [5, 5.41) is 10.1.